The molecule has 0 fully saturated rings. The Hall–Kier alpha value is -2.75. The van der Waals surface area contributed by atoms with Crippen LogP contribution in [0.1, 0.15) is 5.56 Å². The van der Waals surface area contributed by atoms with Crippen molar-refractivity contribution in [2.24, 2.45) is 0 Å². The van der Waals surface area contributed by atoms with Crippen LogP contribution in [-0.2, 0) is 4.79 Å². The number of para-hydroxylation sites is 2. The Kier molecular flexibility index (Phi) is 4.39. The Labute approximate surface area is 117 Å². The van der Waals surface area contributed by atoms with Crippen LogP contribution in [0.2, 0.25) is 0 Å². The predicted molar refractivity (Wildman–Crippen MR) is 78.8 cm³/mol. The van der Waals surface area contributed by atoms with Gasteiger partial charge in [0.1, 0.15) is 11.5 Å². The van der Waals surface area contributed by atoms with E-state index in [9.17, 15) is 9.90 Å². The molecular weight excluding hydrogens is 254 g/mol. The third kappa shape index (κ3) is 3.62. The Balaban J connectivity index is 2.00. The lowest BCUT2D eigenvalue weighted by atomic mass is 10.2. The van der Waals surface area contributed by atoms with Crippen LogP contribution in [0.5, 0.6) is 11.5 Å². The van der Waals surface area contributed by atoms with Gasteiger partial charge in [-0.05, 0) is 35.9 Å². The molecule has 0 saturated carbocycles. The van der Waals surface area contributed by atoms with E-state index < -0.39 is 0 Å². The highest BCUT2D eigenvalue weighted by Crippen LogP contribution is 2.21. The standard InChI is InChI=1S/C16H15NO3/c1-20-13-9-6-12(7-10-13)8-11-16(19)17-14-4-2-3-5-15(14)18/h2-11,18H,1H3,(H,17,19)/b11-8+. The van der Waals surface area contributed by atoms with Crippen molar-refractivity contribution in [3.05, 3.63) is 60.2 Å². The number of nitrogens with one attached hydrogen (secondary N) is 1. The van der Waals surface area contributed by atoms with Crippen LogP contribution in [0, 0.1) is 0 Å². The van der Waals surface area contributed by atoms with Crippen molar-refractivity contribution in [2.45, 2.75) is 0 Å². The Bertz CT molecular complexity index is 618. The Morgan fingerprint density at radius 2 is 1.85 bits per heavy atom. The van der Waals surface area contributed by atoms with Gasteiger partial charge in [0, 0.05) is 6.08 Å². The van der Waals surface area contributed by atoms with Gasteiger partial charge in [-0.2, -0.15) is 0 Å². The second-order valence-corrected chi connectivity index (χ2v) is 4.11. The zero-order valence-electron chi connectivity index (χ0n) is 11.0. The van der Waals surface area contributed by atoms with Crippen molar-refractivity contribution >= 4 is 17.7 Å². The summed E-state index contributed by atoms with van der Waals surface area (Å²) in [4.78, 5) is 11.7. The van der Waals surface area contributed by atoms with E-state index in [-0.39, 0.29) is 11.7 Å². The molecule has 0 aliphatic heterocycles. The van der Waals surface area contributed by atoms with Crippen molar-refractivity contribution in [3.63, 3.8) is 0 Å². The van der Waals surface area contributed by atoms with Crippen LogP contribution in [-0.4, -0.2) is 18.1 Å². The predicted octanol–water partition coefficient (Wildman–Crippen LogP) is 3.05. The minimum Gasteiger partial charge on any atom is -0.506 e. The number of methoxy groups -OCH3 is 1. The summed E-state index contributed by atoms with van der Waals surface area (Å²) in [6, 6.07) is 13.9. The van der Waals surface area contributed by atoms with E-state index in [2.05, 4.69) is 5.32 Å². The summed E-state index contributed by atoms with van der Waals surface area (Å²) < 4.78 is 5.06. The number of phenolic OH excluding ortho intramolecular Hbond substituents is 1. The first-order chi connectivity index (χ1) is 9.69. The number of ether oxygens (including phenoxy) is 1. The second-order valence-electron chi connectivity index (χ2n) is 4.11. The number of benzene rings is 2. The molecule has 0 aromatic heterocycles. The highest BCUT2D eigenvalue weighted by molar-refractivity contribution is 6.02. The van der Waals surface area contributed by atoms with E-state index >= 15 is 0 Å². The molecule has 0 aliphatic carbocycles. The van der Waals surface area contributed by atoms with Crippen molar-refractivity contribution in [1.82, 2.24) is 0 Å². The molecule has 0 saturated heterocycles. The van der Waals surface area contributed by atoms with Crippen LogP contribution >= 0.6 is 0 Å². The molecule has 4 heteroatoms. The summed E-state index contributed by atoms with van der Waals surface area (Å²) in [5.41, 5.74) is 1.27. The maximum absolute atomic E-state index is 11.7. The highest BCUT2D eigenvalue weighted by Gasteiger charge is 2.02. The third-order valence-corrected chi connectivity index (χ3v) is 2.70. The molecule has 0 unspecified atom stereocenters. The van der Waals surface area contributed by atoms with Gasteiger partial charge in [0.2, 0.25) is 5.91 Å². The molecule has 0 aliphatic rings. The molecule has 0 atom stereocenters. The molecule has 4 nitrogen and oxygen atoms in total. The number of rotatable bonds is 4. The molecule has 0 heterocycles. The van der Waals surface area contributed by atoms with Crippen LogP contribution in [0.25, 0.3) is 6.08 Å². The maximum atomic E-state index is 11.7. The number of carbonyl (C=O) groups excluding carboxylic acids is 1. The number of carbonyl (C=O) groups is 1. The first kappa shape index (κ1) is 13.7. The van der Waals surface area contributed by atoms with Gasteiger partial charge < -0.3 is 15.2 Å². The topological polar surface area (TPSA) is 58.6 Å². The SMILES string of the molecule is COc1ccc(/C=C/C(=O)Nc2ccccc2O)cc1. The summed E-state index contributed by atoms with van der Waals surface area (Å²) in [6.45, 7) is 0. The van der Waals surface area contributed by atoms with Gasteiger partial charge in [0.05, 0.1) is 12.8 Å². The van der Waals surface area contributed by atoms with E-state index in [0.717, 1.165) is 11.3 Å². The fraction of sp³-hybridized carbons (Fsp3) is 0.0625. The molecule has 1 amide bonds. The van der Waals surface area contributed by atoms with Crippen molar-refractivity contribution in [1.29, 1.82) is 0 Å². The van der Waals surface area contributed by atoms with Gasteiger partial charge in [-0.3, -0.25) is 4.79 Å². The fourth-order valence-electron chi connectivity index (χ4n) is 1.64. The lowest BCUT2D eigenvalue weighted by Gasteiger charge is -2.04. The van der Waals surface area contributed by atoms with Crippen LogP contribution in [0.15, 0.2) is 54.6 Å². The van der Waals surface area contributed by atoms with Crippen LogP contribution in [0.4, 0.5) is 5.69 Å². The van der Waals surface area contributed by atoms with Gasteiger partial charge >= 0.3 is 0 Å². The highest BCUT2D eigenvalue weighted by atomic mass is 16.5. The van der Waals surface area contributed by atoms with Gasteiger partial charge in [-0.25, -0.2) is 0 Å². The number of hydrogen-bond donors (Lipinski definition) is 2. The van der Waals surface area contributed by atoms with Crippen molar-refractivity contribution in [2.75, 3.05) is 12.4 Å². The van der Waals surface area contributed by atoms with Gasteiger partial charge in [0.25, 0.3) is 0 Å². The summed E-state index contributed by atoms with van der Waals surface area (Å²) in [5, 5.41) is 12.2. The summed E-state index contributed by atoms with van der Waals surface area (Å²) in [6.07, 6.45) is 3.10. The lowest BCUT2D eigenvalue weighted by molar-refractivity contribution is -0.111. The molecule has 2 rings (SSSR count). The van der Waals surface area contributed by atoms with Crippen LogP contribution in [0.3, 0.4) is 0 Å². The second kappa shape index (κ2) is 6.43. The molecule has 2 N–H and O–H groups in total. The number of aromatic hydroxyl groups is 1. The zero-order valence-corrected chi connectivity index (χ0v) is 11.0. The molecule has 102 valence electrons. The Morgan fingerprint density at radius 3 is 2.50 bits per heavy atom. The molecular formula is C16H15NO3. The zero-order chi connectivity index (χ0) is 14.4. The molecule has 2 aromatic carbocycles. The Morgan fingerprint density at radius 1 is 1.15 bits per heavy atom. The molecule has 2 aromatic rings. The van der Waals surface area contributed by atoms with E-state index in [1.165, 1.54) is 12.1 Å². The first-order valence-electron chi connectivity index (χ1n) is 6.10. The average Bonchev–Trinajstić information content (AvgIpc) is 2.48. The first-order valence-corrected chi connectivity index (χ1v) is 6.10. The minimum absolute atomic E-state index is 0.0405. The average molecular weight is 269 g/mol. The number of hydrogen-bond acceptors (Lipinski definition) is 3. The monoisotopic (exact) mass is 269 g/mol. The van der Waals surface area contributed by atoms with Crippen molar-refractivity contribution < 1.29 is 14.6 Å². The number of phenols is 1. The summed E-state index contributed by atoms with van der Waals surface area (Å²) >= 11 is 0. The summed E-state index contributed by atoms with van der Waals surface area (Å²) in [7, 11) is 1.60. The molecule has 0 bridgehead atoms. The van der Waals surface area contributed by atoms with E-state index in [4.69, 9.17) is 4.74 Å². The minimum atomic E-state index is -0.303. The summed E-state index contributed by atoms with van der Waals surface area (Å²) in [5.74, 6) is 0.502. The van der Waals surface area contributed by atoms with Gasteiger partial charge in [-0.1, -0.05) is 24.3 Å². The normalized spacial score (nSPS) is 10.4. The van der Waals surface area contributed by atoms with E-state index in [0.29, 0.717) is 5.69 Å². The number of amides is 1. The fourth-order valence-corrected chi connectivity index (χ4v) is 1.64. The van der Waals surface area contributed by atoms with E-state index in [1.807, 2.05) is 24.3 Å². The van der Waals surface area contributed by atoms with E-state index in [1.54, 1.807) is 31.4 Å². The molecule has 0 radical (unpaired) electrons. The largest absolute Gasteiger partial charge is 0.506 e. The van der Waals surface area contributed by atoms with Crippen molar-refractivity contribution in [3.8, 4) is 11.5 Å². The van der Waals surface area contributed by atoms with Gasteiger partial charge in [-0.15, -0.1) is 0 Å². The molecule has 20 heavy (non-hydrogen) atoms. The van der Waals surface area contributed by atoms with Gasteiger partial charge in [0.15, 0.2) is 0 Å². The van der Waals surface area contributed by atoms with Crippen LogP contribution < -0.4 is 10.1 Å². The quantitative estimate of drug-likeness (QED) is 0.662. The molecule has 0 spiro atoms. The number of anilines is 1. The maximum Gasteiger partial charge on any atom is 0.248 e. The third-order valence-electron chi connectivity index (χ3n) is 2.70. The smallest absolute Gasteiger partial charge is 0.248 e. The lowest BCUT2D eigenvalue weighted by Crippen LogP contribution is -2.07.